The minimum Gasteiger partial charge on any atom is -0.507 e. The van der Waals surface area contributed by atoms with E-state index in [1.807, 2.05) is 0 Å². The van der Waals surface area contributed by atoms with E-state index < -0.39 is 12.1 Å². The highest BCUT2D eigenvalue weighted by Gasteiger charge is 2.07. The lowest BCUT2D eigenvalue weighted by molar-refractivity contribution is 0.0693. The Hall–Kier alpha value is -4.27. The van der Waals surface area contributed by atoms with Gasteiger partial charge in [-0.25, -0.2) is 14.0 Å². The minimum atomic E-state index is -1.11. The van der Waals surface area contributed by atoms with Crippen molar-refractivity contribution in [3.63, 3.8) is 0 Å². The number of hydrogen-bond donors (Lipinski definition) is 5. The number of carboxylic acids is 1. The zero-order chi connectivity index (χ0) is 23.5. The van der Waals surface area contributed by atoms with Gasteiger partial charge in [-0.15, -0.1) is 0 Å². The molecule has 32 heavy (non-hydrogen) atoms. The van der Waals surface area contributed by atoms with Crippen LogP contribution in [-0.2, 0) is 11.3 Å². The molecule has 3 rings (SSSR count). The van der Waals surface area contributed by atoms with Gasteiger partial charge in [-0.05, 0) is 55.0 Å². The van der Waals surface area contributed by atoms with Crippen LogP contribution in [-0.4, -0.2) is 28.9 Å². The molecule has 0 aromatic heterocycles. The summed E-state index contributed by atoms with van der Waals surface area (Å²) in [7, 11) is 0. The van der Waals surface area contributed by atoms with Crippen LogP contribution in [0.15, 0.2) is 66.7 Å². The number of nitrogens with one attached hydrogen (secondary N) is 2. The molecule has 0 aliphatic heterocycles. The van der Waals surface area contributed by atoms with Crippen molar-refractivity contribution in [2.24, 2.45) is 0 Å². The molecule has 0 radical (unpaired) electrons. The molecule has 3 aromatic rings. The summed E-state index contributed by atoms with van der Waals surface area (Å²) in [5, 5.41) is 23.0. The maximum Gasteiger partial charge on any atom is 0.411 e. The first-order chi connectivity index (χ1) is 15.3. The molecule has 3 aromatic carbocycles. The molecule has 0 unspecified atom stereocenters. The summed E-state index contributed by atoms with van der Waals surface area (Å²) in [6, 6.07) is 17.3. The van der Waals surface area contributed by atoms with Gasteiger partial charge in [0, 0.05) is 12.2 Å². The fourth-order valence-corrected chi connectivity index (χ4v) is 2.52. The topological polar surface area (TPSA) is 134 Å². The van der Waals surface area contributed by atoms with Gasteiger partial charge in [-0.1, -0.05) is 24.3 Å². The number of benzene rings is 3. The Kier molecular flexibility index (Phi) is 8.85. The molecular formula is C23H24FN3O5. The smallest absolute Gasteiger partial charge is 0.411 e. The lowest BCUT2D eigenvalue weighted by Crippen LogP contribution is -2.14. The van der Waals surface area contributed by atoms with E-state index >= 15 is 0 Å². The monoisotopic (exact) mass is 441 g/mol. The van der Waals surface area contributed by atoms with Crippen LogP contribution in [0.2, 0.25) is 0 Å². The lowest BCUT2D eigenvalue weighted by atomic mass is 10.2. The number of carboxylic acid groups (broad SMARTS) is 1. The third-order valence-electron chi connectivity index (χ3n) is 4.11. The second-order valence-corrected chi connectivity index (χ2v) is 6.45. The molecule has 0 heterocycles. The number of hydrogen-bond acceptors (Lipinski definition) is 6. The molecule has 0 bridgehead atoms. The maximum absolute atomic E-state index is 12.8. The number of rotatable bonds is 6. The Bertz CT molecular complexity index is 1060. The Labute approximate surface area is 184 Å². The van der Waals surface area contributed by atoms with E-state index in [2.05, 4.69) is 10.6 Å². The van der Waals surface area contributed by atoms with Crippen LogP contribution in [0.5, 0.6) is 5.75 Å². The van der Waals surface area contributed by atoms with Crippen molar-refractivity contribution in [1.82, 2.24) is 0 Å². The van der Waals surface area contributed by atoms with Gasteiger partial charge < -0.3 is 26.0 Å². The number of halogens is 1. The highest BCUT2D eigenvalue weighted by Crippen LogP contribution is 2.23. The van der Waals surface area contributed by atoms with Gasteiger partial charge in [0.25, 0.3) is 0 Å². The number of ether oxygens (including phenoxy) is 1. The predicted octanol–water partition coefficient (Wildman–Crippen LogP) is 4.68. The molecule has 0 atom stereocenters. The predicted molar refractivity (Wildman–Crippen MR) is 120 cm³/mol. The third-order valence-corrected chi connectivity index (χ3v) is 4.11. The molecule has 6 N–H and O–H groups in total. The molecule has 0 aliphatic carbocycles. The van der Waals surface area contributed by atoms with E-state index in [0.717, 1.165) is 11.3 Å². The molecule has 0 saturated carbocycles. The summed E-state index contributed by atoms with van der Waals surface area (Å²) in [6.07, 6.45) is -0.541. The average molecular weight is 441 g/mol. The second-order valence-electron chi connectivity index (χ2n) is 6.45. The van der Waals surface area contributed by atoms with Gasteiger partial charge in [0.2, 0.25) is 0 Å². The summed E-state index contributed by atoms with van der Waals surface area (Å²) >= 11 is 0. The summed E-state index contributed by atoms with van der Waals surface area (Å²) in [4.78, 5) is 21.6. The van der Waals surface area contributed by atoms with E-state index in [0.29, 0.717) is 24.5 Å². The number of amides is 1. The first-order valence-corrected chi connectivity index (χ1v) is 9.63. The van der Waals surface area contributed by atoms with Gasteiger partial charge in [-0.2, -0.15) is 0 Å². The summed E-state index contributed by atoms with van der Waals surface area (Å²) in [5.74, 6) is -1.57. The zero-order valence-electron chi connectivity index (χ0n) is 17.3. The number of para-hydroxylation sites is 1. The quantitative estimate of drug-likeness (QED) is 0.351. The van der Waals surface area contributed by atoms with Crippen LogP contribution < -0.4 is 16.4 Å². The molecule has 0 saturated heterocycles. The third kappa shape index (κ3) is 7.52. The molecule has 8 nitrogen and oxygen atoms in total. The number of nitrogens with two attached hydrogens (primary N) is 1. The van der Waals surface area contributed by atoms with Crippen LogP contribution in [0.3, 0.4) is 0 Å². The number of carbonyl (C=O) groups excluding carboxylic acids is 1. The van der Waals surface area contributed by atoms with Crippen LogP contribution in [0.4, 0.5) is 26.2 Å². The molecule has 0 spiro atoms. The van der Waals surface area contributed by atoms with Crippen LogP contribution in [0, 0.1) is 5.82 Å². The first-order valence-electron chi connectivity index (χ1n) is 9.63. The van der Waals surface area contributed by atoms with Gasteiger partial charge in [0.1, 0.15) is 17.1 Å². The normalized spacial score (nSPS) is 9.81. The van der Waals surface area contributed by atoms with Gasteiger partial charge in [0.15, 0.2) is 0 Å². The van der Waals surface area contributed by atoms with Crippen molar-refractivity contribution in [3.8, 4) is 5.75 Å². The average Bonchev–Trinajstić information content (AvgIpc) is 2.76. The van der Waals surface area contributed by atoms with Crippen molar-refractivity contribution in [2.75, 3.05) is 23.0 Å². The highest BCUT2D eigenvalue weighted by molar-refractivity contribution is 5.90. The fourth-order valence-electron chi connectivity index (χ4n) is 2.52. The van der Waals surface area contributed by atoms with E-state index in [1.165, 1.54) is 24.3 Å². The second kappa shape index (κ2) is 11.8. The molecular weight excluding hydrogens is 417 g/mol. The van der Waals surface area contributed by atoms with E-state index in [9.17, 15) is 14.0 Å². The number of phenols is 1. The Balaban J connectivity index is 0.000000303. The summed E-state index contributed by atoms with van der Waals surface area (Å²) in [5.41, 5.74) is 8.50. The summed E-state index contributed by atoms with van der Waals surface area (Å²) < 4.78 is 17.6. The molecule has 168 valence electrons. The Morgan fingerprint density at radius 2 is 1.75 bits per heavy atom. The number of carbonyl (C=O) groups is 2. The van der Waals surface area contributed by atoms with Crippen molar-refractivity contribution < 1.29 is 28.9 Å². The maximum atomic E-state index is 12.8. The van der Waals surface area contributed by atoms with Crippen LogP contribution in [0.25, 0.3) is 0 Å². The molecule has 0 fully saturated rings. The Morgan fingerprint density at radius 1 is 1.06 bits per heavy atom. The minimum absolute atomic E-state index is 0.0671. The highest BCUT2D eigenvalue weighted by atomic mass is 19.1. The van der Waals surface area contributed by atoms with Crippen LogP contribution >= 0.6 is 0 Å². The number of nitrogen functional groups attached to an aromatic ring is 1. The lowest BCUT2D eigenvalue weighted by Gasteiger charge is -2.11. The number of aromatic carboxylic acids is 1. The van der Waals surface area contributed by atoms with Crippen LogP contribution in [0.1, 0.15) is 22.8 Å². The van der Waals surface area contributed by atoms with Gasteiger partial charge in [-0.3, -0.25) is 5.32 Å². The van der Waals surface area contributed by atoms with Gasteiger partial charge >= 0.3 is 12.1 Å². The molecule has 1 amide bonds. The van der Waals surface area contributed by atoms with E-state index in [4.69, 9.17) is 20.7 Å². The van der Waals surface area contributed by atoms with Gasteiger partial charge in [0.05, 0.1) is 18.0 Å². The SMILES string of the molecule is CCOC(=O)Nc1ccc(NCc2ccc(F)cc2)cc1N.O=C(O)c1ccccc1O. The largest absolute Gasteiger partial charge is 0.507 e. The zero-order valence-corrected chi connectivity index (χ0v) is 17.3. The first kappa shape index (κ1) is 24.0. The standard InChI is InChI=1S/C16H18FN3O2.C7H6O3/c1-2-22-16(21)20-15-8-7-13(9-14(15)18)19-10-11-3-5-12(17)6-4-11;8-6-4-2-1-3-5(6)7(9)10/h3-9,19H,2,10,18H2,1H3,(H,20,21);1-4,8H,(H,9,10). The van der Waals surface area contributed by atoms with Crippen molar-refractivity contribution in [1.29, 1.82) is 0 Å². The van der Waals surface area contributed by atoms with E-state index in [1.54, 1.807) is 49.4 Å². The van der Waals surface area contributed by atoms with Crippen molar-refractivity contribution in [3.05, 3.63) is 83.7 Å². The fraction of sp³-hybridized carbons (Fsp3) is 0.130. The Morgan fingerprint density at radius 3 is 2.31 bits per heavy atom. The molecule has 0 aliphatic rings. The molecule has 9 heteroatoms. The van der Waals surface area contributed by atoms with E-state index in [-0.39, 0.29) is 17.1 Å². The summed E-state index contributed by atoms with van der Waals surface area (Å²) in [6.45, 7) is 2.57. The number of anilines is 3. The number of aromatic hydroxyl groups is 1. The van der Waals surface area contributed by atoms with Crippen molar-refractivity contribution in [2.45, 2.75) is 13.5 Å². The van der Waals surface area contributed by atoms with Crippen molar-refractivity contribution >= 4 is 29.1 Å².